The number of nitrogens with zero attached hydrogens (tertiary/aromatic N) is 3. The lowest BCUT2D eigenvalue weighted by Crippen LogP contribution is -2.22. The number of para-hydroxylation sites is 1. The van der Waals surface area contributed by atoms with E-state index in [1.165, 1.54) is 6.20 Å². The summed E-state index contributed by atoms with van der Waals surface area (Å²) in [7, 11) is 0. The Morgan fingerprint density at radius 3 is 2.88 bits per heavy atom. The molecule has 1 aromatic carbocycles. The normalized spacial score (nSPS) is 9.59. The van der Waals surface area contributed by atoms with Gasteiger partial charge in [-0.15, -0.1) is 0 Å². The highest BCUT2D eigenvalue weighted by Gasteiger charge is 2.08. The van der Waals surface area contributed by atoms with Crippen molar-refractivity contribution in [2.45, 2.75) is 0 Å². The number of amides is 1. The van der Waals surface area contributed by atoms with Crippen LogP contribution in [0.15, 0.2) is 42.7 Å². The van der Waals surface area contributed by atoms with Gasteiger partial charge in [0.2, 0.25) is 0 Å². The molecule has 0 saturated carbocycles. The van der Waals surface area contributed by atoms with E-state index in [1.54, 1.807) is 10.9 Å². The van der Waals surface area contributed by atoms with E-state index in [2.05, 4.69) is 10.4 Å². The lowest BCUT2D eigenvalue weighted by molar-refractivity contribution is 0.0958. The third-order valence-electron chi connectivity index (χ3n) is 2.19. The predicted molar refractivity (Wildman–Crippen MR) is 61.5 cm³/mol. The number of carbonyl (C=O) groups excluding carboxylic acids is 1. The Bertz CT molecular complexity index is 553. The van der Waals surface area contributed by atoms with Crippen LogP contribution in [0.2, 0.25) is 0 Å². The number of hydrogen-bond donors (Lipinski definition) is 1. The molecule has 0 aliphatic heterocycles. The fourth-order valence-corrected chi connectivity index (χ4v) is 1.38. The molecule has 0 radical (unpaired) electrons. The molecule has 1 aromatic heterocycles. The average molecular weight is 226 g/mol. The van der Waals surface area contributed by atoms with Gasteiger partial charge in [0.25, 0.3) is 5.91 Å². The largest absolute Gasteiger partial charge is 0.339 e. The lowest BCUT2D eigenvalue weighted by atomic mass is 10.3. The highest BCUT2D eigenvalue weighted by Crippen LogP contribution is 2.07. The molecule has 0 atom stereocenters. The number of nitrogens with one attached hydrogen (secondary N) is 1. The van der Waals surface area contributed by atoms with Gasteiger partial charge in [-0.05, 0) is 12.1 Å². The maximum Gasteiger partial charge on any atom is 0.255 e. The van der Waals surface area contributed by atoms with E-state index < -0.39 is 0 Å². The Balaban J connectivity index is 2.17. The summed E-state index contributed by atoms with van der Waals surface area (Å²) in [4.78, 5) is 11.5. The summed E-state index contributed by atoms with van der Waals surface area (Å²) < 4.78 is 1.61. The number of carbonyl (C=O) groups is 1. The highest BCUT2D eigenvalue weighted by molar-refractivity contribution is 5.93. The molecule has 2 aromatic rings. The molecular weight excluding hydrogens is 216 g/mol. The maximum absolute atomic E-state index is 11.5. The molecule has 0 bridgehead atoms. The summed E-state index contributed by atoms with van der Waals surface area (Å²) >= 11 is 0. The van der Waals surface area contributed by atoms with Crippen molar-refractivity contribution >= 4 is 5.91 Å². The van der Waals surface area contributed by atoms with Crippen LogP contribution in [0.1, 0.15) is 10.4 Å². The molecule has 0 spiro atoms. The van der Waals surface area contributed by atoms with Gasteiger partial charge in [-0.3, -0.25) is 4.79 Å². The standard InChI is InChI=1S/C12H10N4O/c13-6-7-14-12(17)10-8-15-16(9-10)11-4-2-1-3-5-11/h1-5,8-9H,7H2,(H,14,17). The zero-order valence-electron chi connectivity index (χ0n) is 9.00. The van der Waals surface area contributed by atoms with E-state index in [1.807, 2.05) is 36.4 Å². The molecule has 1 amide bonds. The molecule has 0 aliphatic carbocycles. The second-order valence-electron chi connectivity index (χ2n) is 3.35. The molecule has 17 heavy (non-hydrogen) atoms. The molecule has 0 saturated heterocycles. The van der Waals surface area contributed by atoms with Crippen molar-refractivity contribution in [1.29, 1.82) is 5.26 Å². The Morgan fingerprint density at radius 2 is 2.18 bits per heavy atom. The molecule has 5 heteroatoms. The minimum Gasteiger partial charge on any atom is -0.339 e. The zero-order valence-corrected chi connectivity index (χ0v) is 9.00. The van der Waals surface area contributed by atoms with E-state index in [0.29, 0.717) is 5.56 Å². The molecule has 0 fully saturated rings. The molecule has 2 rings (SSSR count). The van der Waals surface area contributed by atoms with Crippen LogP contribution < -0.4 is 5.32 Å². The van der Waals surface area contributed by atoms with Gasteiger partial charge < -0.3 is 5.32 Å². The fourth-order valence-electron chi connectivity index (χ4n) is 1.38. The van der Waals surface area contributed by atoms with E-state index in [0.717, 1.165) is 5.69 Å². The van der Waals surface area contributed by atoms with E-state index >= 15 is 0 Å². The molecular formula is C12H10N4O. The van der Waals surface area contributed by atoms with E-state index in [9.17, 15) is 4.79 Å². The van der Waals surface area contributed by atoms with Crippen molar-refractivity contribution in [3.63, 3.8) is 0 Å². The third-order valence-corrected chi connectivity index (χ3v) is 2.19. The number of benzene rings is 1. The van der Waals surface area contributed by atoms with Crippen LogP contribution in [-0.4, -0.2) is 22.2 Å². The SMILES string of the molecule is N#CCNC(=O)c1cnn(-c2ccccc2)c1. The highest BCUT2D eigenvalue weighted by atomic mass is 16.1. The smallest absolute Gasteiger partial charge is 0.255 e. The first kappa shape index (κ1) is 10.9. The van der Waals surface area contributed by atoms with Crippen molar-refractivity contribution in [2.75, 3.05) is 6.54 Å². The van der Waals surface area contributed by atoms with Crippen molar-refractivity contribution in [3.05, 3.63) is 48.3 Å². The van der Waals surface area contributed by atoms with Crippen LogP contribution in [0.5, 0.6) is 0 Å². The maximum atomic E-state index is 11.5. The van der Waals surface area contributed by atoms with Crippen molar-refractivity contribution in [1.82, 2.24) is 15.1 Å². The summed E-state index contributed by atoms with van der Waals surface area (Å²) in [6, 6.07) is 11.3. The topological polar surface area (TPSA) is 70.7 Å². The molecule has 0 unspecified atom stereocenters. The summed E-state index contributed by atoms with van der Waals surface area (Å²) in [6.07, 6.45) is 3.10. The van der Waals surface area contributed by atoms with Crippen LogP contribution in [-0.2, 0) is 0 Å². The molecule has 84 valence electrons. The third kappa shape index (κ3) is 2.49. The monoisotopic (exact) mass is 226 g/mol. The number of nitriles is 1. The summed E-state index contributed by atoms with van der Waals surface area (Å²) in [6.45, 7) is -0.00461. The molecule has 0 aliphatic rings. The van der Waals surface area contributed by atoms with Crippen molar-refractivity contribution in [2.24, 2.45) is 0 Å². The van der Waals surface area contributed by atoms with Crippen molar-refractivity contribution in [3.8, 4) is 11.8 Å². The average Bonchev–Trinajstić information content (AvgIpc) is 2.86. The predicted octanol–water partition coefficient (Wildman–Crippen LogP) is 1.13. The molecule has 5 nitrogen and oxygen atoms in total. The van der Waals surface area contributed by atoms with Gasteiger partial charge in [0, 0.05) is 6.20 Å². The number of hydrogen-bond acceptors (Lipinski definition) is 3. The lowest BCUT2D eigenvalue weighted by Gasteiger charge is -1.99. The van der Waals surface area contributed by atoms with Crippen LogP contribution in [0.25, 0.3) is 5.69 Å². The molecule has 1 heterocycles. The summed E-state index contributed by atoms with van der Waals surface area (Å²) in [5.41, 5.74) is 1.32. The minimum absolute atomic E-state index is 0.00461. The summed E-state index contributed by atoms with van der Waals surface area (Å²) in [5.74, 6) is -0.297. The van der Waals surface area contributed by atoms with Gasteiger partial charge in [-0.2, -0.15) is 10.4 Å². The second-order valence-corrected chi connectivity index (χ2v) is 3.35. The van der Waals surface area contributed by atoms with Crippen LogP contribution in [0, 0.1) is 11.3 Å². The van der Waals surface area contributed by atoms with E-state index in [4.69, 9.17) is 5.26 Å². The Labute approximate surface area is 98.3 Å². The molecule has 1 N–H and O–H groups in total. The first-order valence-electron chi connectivity index (χ1n) is 5.06. The van der Waals surface area contributed by atoms with Crippen LogP contribution >= 0.6 is 0 Å². The second kappa shape index (κ2) is 4.94. The van der Waals surface area contributed by atoms with Gasteiger partial charge in [0.1, 0.15) is 6.54 Å². The first-order chi connectivity index (χ1) is 8.31. The fraction of sp³-hybridized carbons (Fsp3) is 0.0833. The quantitative estimate of drug-likeness (QED) is 0.797. The van der Waals surface area contributed by atoms with E-state index in [-0.39, 0.29) is 12.5 Å². The Kier molecular flexibility index (Phi) is 3.17. The van der Waals surface area contributed by atoms with Gasteiger partial charge in [-0.1, -0.05) is 18.2 Å². The van der Waals surface area contributed by atoms with Crippen LogP contribution in [0.4, 0.5) is 0 Å². The number of aromatic nitrogens is 2. The minimum atomic E-state index is -0.297. The first-order valence-corrected chi connectivity index (χ1v) is 5.06. The number of rotatable bonds is 3. The zero-order chi connectivity index (χ0) is 12.1. The Hall–Kier alpha value is -2.61. The van der Waals surface area contributed by atoms with Gasteiger partial charge in [-0.25, -0.2) is 4.68 Å². The Morgan fingerprint density at radius 1 is 1.41 bits per heavy atom. The van der Waals surface area contributed by atoms with Crippen molar-refractivity contribution < 1.29 is 4.79 Å². The van der Waals surface area contributed by atoms with Gasteiger partial charge in [0.15, 0.2) is 0 Å². The van der Waals surface area contributed by atoms with Crippen LogP contribution in [0.3, 0.4) is 0 Å². The van der Waals surface area contributed by atoms with Gasteiger partial charge in [0.05, 0.1) is 23.5 Å². The summed E-state index contributed by atoms with van der Waals surface area (Å²) in [5, 5.41) is 14.9. The van der Waals surface area contributed by atoms with Gasteiger partial charge >= 0.3 is 0 Å².